The molecule has 7 heteroatoms. The molecule has 1 N–H and O–H groups in total. The van der Waals surface area contributed by atoms with E-state index in [9.17, 15) is 22.4 Å². The third kappa shape index (κ3) is 3.03. The second-order valence-electron chi connectivity index (χ2n) is 4.91. The molecule has 0 amide bonds. The molecule has 0 aliphatic heterocycles. The van der Waals surface area contributed by atoms with Crippen LogP contribution in [0.25, 0.3) is 16.8 Å². The molecular formula is C16H10F4N2O. The van der Waals surface area contributed by atoms with Crippen molar-refractivity contribution < 1.29 is 17.6 Å². The molecule has 23 heavy (non-hydrogen) atoms. The van der Waals surface area contributed by atoms with Crippen LogP contribution >= 0.6 is 0 Å². The number of H-pyrrole nitrogens is 1. The SMILES string of the molecule is O=c1[nH]ccn1-c1cc(-c2ccc(F)cc2)cc(C(F)(F)F)c1. The predicted octanol–water partition coefficient (Wildman–Crippen LogP) is 3.99. The summed E-state index contributed by atoms with van der Waals surface area (Å²) in [6.45, 7) is 0. The summed E-state index contributed by atoms with van der Waals surface area (Å²) in [6, 6.07) is 8.40. The van der Waals surface area contributed by atoms with Gasteiger partial charge in [-0.3, -0.25) is 4.57 Å². The van der Waals surface area contributed by atoms with Crippen LogP contribution in [0.1, 0.15) is 5.56 Å². The minimum Gasteiger partial charge on any atom is -0.312 e. The zero-order valence-electron chi connectivity index (χ0n) is 11.6. The smallest absolute Gasteiger partial charge is 0.312 e. The molecule has 3 aromatic rings. The Balaban J connectivity index is 2.22. The van der Waals surface area contributed by atoms with Gasteiger partial charge in [0, 0.05) is 12.4 Å². The fourth-order valence-corrected chi connectivity index (χ4v) is 2.25. The average Bonchev–Trinajstić information content (AvgIpc) is 2.93. The lowest BCUT2D eigenvalue weighted by Crippen LogP contribution is -2.15. The lowest BCUT2D eigenvalue weighted by molar-refractivity contribution is -0.137. The first-order valence-electron chi connectivity index (χ1n) is 6.59. The highest BCUT2D eigenvalue weighted by Gasteiger charge is 2.31. The van der Waals surface area contributed by atoms with Gasteiger partial charge < -0.3 is 4.98 Å². The van der Waals surface area contributed by atoms with Crippen molar-refractivity contribution in [2.75, 3.05) is 0 Å². The van der Waals surface area contributed by atoms with Crippen LogP contribution in [0.2, 0.25) is 0 Å². The molecule has 0 saturated carbocycles. The van der Waals surface area contributed by atoms with Crippen molar-refractivity contribution in [1.82, 2.24) is 9.55 Å². The van der Waals surface area contributed by atoms with Gasteiger partial charge in [-0.1, -0.05) is 12.1 Å². The average molecular weight is 322 g/mol. The summed E-state index contributed by atoms with van der Waals surface area (Å²) in [4.78, 5) is 14.0. The Morgan fingerprint density at radius 2 is 1.65 bits per heavy atom. The highest BCUT2D eigenvalue weighted by molar-refractivity contribution is 5.67. The number of alkyl halides is 3. The van der Waals surface area contributed by atoms with Gasteiger partial charge in [-0.25, -0.2) is 9.18 Å². The minimum atomic E-state index is -4.56. The van der Waals surface area contributed by atoms with E-state index >= 15 is 0 Å². The number of hydrogen-bond acceptors (Lipinski definition) is 1. The predicted molar refractivity (Wildman–Crippen MR) is 76.8 cm³/mol. The maximum absolute atomic E-state index is 13.1. The van der Waals surface area contributed by atoms with Gasteiger partial charge in [-0.15, -0.1) is 0 Å². The van der Waals surface area contributed by atoms with Gasteiger partial charge in [-0.2, -0.15) is 13.2 Å². The van der Waals surface area contributed by atoms with E-state index < -0.39 is 23.2 Å². The summed E-state index contributed by atoms with van der Waals surface area (Å²) in [6.07, 6.45) is -1.89. The van der Waals surface area contributed by atoms with Crippen molar-refractivity contribution in [3.05, 3.63) is 76.7 Å². The van der Waals surface area contributed by atoms with Gasteiger partial charge in [0.05, 0.1) is 11.3 Å². The molecule has 0 radical (unpaired) electrons. The zero-order valence-corrected chi connectivity index (χ0v) is 11.6. The Morgan fingerprint density at radius 1 is 0.957 bits per heavy atom. The Hall–Kier alpha value is -2.83. The number of rotatable bonds is 2. The maximum Gasteiger partial charge on any atom is 0.416 e. The topological polar surface area (TPSA) is 37.8 Å². The molecule has 0 bridgehead atoms. The highest BCUT2D eigenvalue weighted by Crippen LogP contribution is 2.34. The number of halogens is 4. The normalized spacial score (nSPS) is 11.7. The van der Waals surface area contributed by atoms with E-state index in [1.807, 2.05) is 0 Å². The number of imidazole rings is 1. The van der Waals surface area contributed by atoms with E-state index in [4.69, 9.17) is 0 Å². The number of aromatic amines is 1. The second kappa shape index (κ2) is 5.42. The van der Waals surface area contributed by atoms with Crippen LogP contribution in [0.3, 0.4) is 0 Å². The van der Waals surface area contributed by atoms with Crippen LogP contribution in [-0.4, -0.2) is 9.55 Å². The third-order valence-electron chi connectivity index (χ3n) is 3.35. The summed E-state index contributed by atoms with van der Waals surface area (Å²) in [7, 11) is 0. The molecule has 0 saturated heterocycles. The van der Waals surface area contributed by atoms with E-state index in [0.717, 1.165) is 28.8 Å². The van der Waals surface area contributed by atoms with Crippen molar-refractivity contribution in [3.8, 4) is 16.8 Å². The lowest BCUT2D eigenvalue weighted by atomic mass is 10.0. The Bertz CT molecular complexity index is 891. The van der Waals surface area contributed by atoms with Crippen molar-refractivity contribution in [1.29, 1.82) is 0 Å². The summed E-state index contributed by atoms with van der Waals surface area (Å²) in [5, 5.41) is 0. The van der Waals surface area contributed by atoms with Crippen LogP contribution in [-0.2, 0) is 6.18 Å². The van der Waals surface area contributed by atoms with E-state index in [0.29, 0.717) is 5.56 Å². The largest absolute Gasteiger partial charge is 0.416 e. The number of benzene rings is 2. The molecule has 3 rings (SSSR count). The van der Waals surface area contributed by atoms with Crippen molar-refractivity contribution >= 4 is 0 Å². The molecule has 0 aliphatic rings. The molecule has 118 valence electrons. The summed E-state index contributed by atoms with van der Waals surface area (Å²) in [5.74, 6) is -0.484. The quantitative estimate of drug-likeness (QED) is 0.712. The van der Waals surface area contributed by atoms with Gasteiger partial charge in [0.2, 0.25) is 0 Å². The first kappa shape index (κ1) is 15.1. The molecule has 0 spiro atoms. The van der Waals surface area contributed by atoms with E-state index in [1.165, 1.54) is 30.6 Å². The molecule has 0 aliphatic carbocycles. The Kier molecular flexibility index (Phi) is 3.55. The van der Waals surface area contributed by atoms with Crippen LogP contribution in [0.4, 0.5) is 17.6 Å². The van der Waals surface area contributed by atoms with Crippen molar-refractivity contribution in [2.24, 2.45) is 0 Å². The monoisotopic (exact) mass is 322 g/mol. The first-order chi connectivity index (χ1) is 10.8. The molecular weight excluding hydrogens is 312 g/mol. The molecule has 3 nitrogen and oxygen atoms in total. The first-order valence-corrected chi connectivity index (χ1v) is 6.59. The number of hydrogen-bond donors (Lipinski definition) is 1. The van der Waals surface area contributed by atoms with Crippen LogP contribution < -0.4 is 5.69 Å². The van der Waals surface area contributed by atoms with Gasteiger partial charge in [-0.05, 0) is 41.5 Å². The number of nitrogens with zero attached hydrogens (tertiary/aromatic N) is 1. The molecule has 1 heterocycles. The second-order valence-corrected chi connectivity index (χ2v) is 4.91. The van der Waals surface area contributed by atoms with Crippen molar-refractivity contribution in [3.63, 3.8) is 0 Å². The number of aromatic nitrogens is 2. The van der Waals surface area contributed by atoms with Gasteiger partial charge >= 0.3 is 11.9 Å². The van der Waals surface area contributed by atoms with Crippen LogP contribution in [0.5, 0.6) is 0 Å². The van der Waals surface area contributed by atoms with Gasteiger partial charge in [0.25, 0.3) is 0 Å². The van der Waals surface area contributed by atoms with E-state index in [-0.39, 0.29) is 11.3 Å². The fraction of sp³-hybridized carbons (Fsp3) is 0.0625. The highest BCUT2D eigenvalue weighted by atomic mass is 19.4. The molecule has 0 fully saturated rings. The minimum absolute atomic E-state index is 0.0744. The standard InChI is InChI=1S/C16H10F4N2O/c17-13-3-1-10(2-4-13)11-7-12(16(18,19)20)9-14(8-11)22-6-5-21-15(22)23/h1-9H,(H,21,23). The summed E-state index contributed by atoms with van der Waals surface area (Å²) in [5.41, 5.74) is -0.701. The lowest BCUT2D eigenvalue weighted by Gasteiger charge is -2.12. The summed E-state index contributed by atoms with van der Waals surface area (Å²) < 4.78 is 53.4. The Labute approximate surface area is 127 Å². The molecule has 1 aromatic heterocycles. The van der Waals surface area contributed by atoms with E-state index in [1.54, 1.807) is 0 Å². The molecule has 0 atom stereocenters. The zero-order chi connectivity index (χ0) is 16.6. The molecule has 0 unspecified atom stereocenters. The van der Waals surface area contributed by atoms with Crippen molar-refractivity contribution in [2.45, 2.75) is 6.18 Å². The van der Waals surface area contributed by atoms with Gasteiger partial charge in [0.1, 0.15) is 5.82 Å². The fourth-order valence-electron chi connectivity index (χ4n) is 2.25. The van der Waals surface area contributed by atoms with Gasteiger partial charge in [0.15, 0.2) is 0 Å². The van der Waals surface area contributed by atoms with Crippen LogP contribution in [0.15, 0.2) is 59.7 Å². The molecule has 2 aromatic carbocycles. The van der Waals surface area contributed by atoms with Crippen LogP contribution in [0, 0.1) is 5.82 Å². The van der Waals surface area contributed by atoms with E-state index in [2.05, 4.69) is 4.98 Å². The Morgan fingerprint density at radius 3 is 2.22 bits per heavy atom. The maximum atomic E-state index is 13.1. The summed E-state index contributed by atoms with van der Waals surface area (Å²) >= 11 is 0. The number of nitrogens with one attached hydrogen (secondary N) is 1. The third-order valence-corrected chi connectivity index (χ3v) is 3.35.